The largest absolute Gasteiger partial charge is 0.374 e. The first kappa shape index (κ1) is 13.0. The Morgan fingerprint density at radius 1 is 1.50 bits per heavy atom. The molecule has 5 heteroatoms. The Bertz CT molecular complexity index is 382. The van der Waals surface area contributed by atoms with Crippen LogP contribution in [0.15, 0.2) is 18.2 Å². The summed E-state index contributed by atoms with van der Waals surface area (Å²) in [5.41, 5.74) is 2.14. The molecule has 1 rings (SSSR count). The van der Waals surface area contributed by atoms with Crippen molar-refractivity contribution in [2.24, 2.45) is 0 Å². The van der Waals surface area contributed by atoms with Gasteiger partial charge in [0, 0.05) is 36.7 Å². The number of hydrogen-bond donors (Lipinski definition) is 0. The monoisotopic (exact) mass is 286 g/mol. The molecule has 0 aliphatic heterocycles. The molecule has 0 heterocycles. The van der Waals surface area contributed by atoms with Crippen molar-refractivity contribution in [3.8, 4) is 0 Å². The summed E-state index contributed by atoms with van der Waals surface area (Å²) in [6, 6.07) is 4.98. The molecule has 0 unspecified atom stereocenters. The van der Waals surface area contributed by atoms with E-state index in [0.717, 1.165) is 24.2 Å². The van der Waals surface area contributed by atoms with Gasteiger partial charge in [0.15, 0.2) is 0 Å². The number of nitrogens with zero attached hydrogens (tertiary/aromatic N) is 2. The van der Waals surface area contributed by atoms with E-state index in [1.807, 2.05) is 13.1 Å². The lowest BCUT2D eigenvalue weighted by molar-refractivity contribution is -0.384. The normalized spacial score (nSPS) is 10.2. The fourth-order valence-corrected chi connectivity index (χ4v) is 2.07. The van der Waals surface area contributed by atoms with Crippen molar-refractivity contribution in [2.75, 3.05) is 18.5 Å². The standard InChI is InChI=1S/C11H15BrN2O2/c1-3-6-13(2)11-5-4-10(14(15)16)7-9(11)8-12/h4-5,7H,3,6,8H2,1-2H3. The van der Waals surface area contributed by atoms with Gasteiger partial charge in [-0.15, -0.1) is 0 Å². The molecule has 0 aromatic heterocycles. The zero-order chi connectivity index (χ0) is 12.1. The molecule has 0 fully saturated rings. The number of alkyl halides is 1. The van der Waals surface area contributed by atoms with E-state index < -0.39 is 0 Å². The minimum Gasteiger partial charge on any atom is -0.374 e. The molecule has 0 saturated heterocycles. The van der Waals surface area contributed by atoms with Gasteiger partial charge in [-0.25, -0.2) is 0 Å². The van der Waals surface area contributed by atoms with Crippen molar-refractivity contribution in [1.82, 2.24) is 0 Å². The topological polar surface area (TPSA) is 46.4 Å². The van der Waals surface area contributed by atoms with E-state index in [9.17, 15) is 10.1 Å². The fraction of sp³-hybridized carbons (Fsp3) is 0.455. The Kier molecular flexibility index (Phi) is 4.73. The van der Waals surface area contributed by atoms with E-state index in [2.05, 4.69) is 27.8 Å². The molecule has 88 valence electrons. The van der Waals surface area contributed by atoms with Crippen LogP contribution in [-0.2, 0) is 5.33 Å². The lowest BCUT2D eigenvalue weighted by Crippen LogP contribution is -2.19. The number of nitro benzene ring substituents is 1. The van der Waals surface area contributed by atoms with Crippen molar-refractivity contribution in [1.29, 1.82) is 0 Å². The smallest absolute Gasteiger partial charge is 0.269 e. The van der Waals surface area contributed by atoms with Gasteiger partial charge in [-0.3, -0.25) is 10.1 Å². The molecule has 1 aromatic carbocycles. The number of nitro groups is 1. The Hall–Kier alpha value is -1.10. The number of anilines is 1. The van der Waals surface area contributed by atoms with E-state index in [0.29, 0.717) is 5.33 Å². The molecule has 0 amide bonds. The summed E-state index contributed by atoms with van der Waals surface area (Å²) >= 11 is 3.36. The number of benzene rings is 1. The van der Waals surface area contributed by atoms with Crippen LogP contribution in [0.25, 0.3) is 0 Å². The van der Waals surface area contributed by atoms with Crippen molar-refractivity contribution in [2.45, 2.75) is 18.7 Å². The predicted molar refractivity (Wildman–Crippen MR) is 69.3 cm³/mol. The molecule has 1 aromatic rings. The van der Waals surface area contributed by atoms with E-state index in [4.69, 9.17) is 0 Å². The highest BCUT2D eigenvalue weighted by molar-refractivity contribution is 9.08. The van der Waals surface area contributed by atoms with Crippen LogP contribution in [0.4, 0.5) is 11.4 Å². The average molecular weight is 287 g/mol. The van der Waals surface area contributed by atoms with Gasteiger partial charge in [-0.05, 0) is 18.1 Å². The summed E-state index contributed by atoms with van der Waals surface area (Å²) in [5.74, 6) is 0. The molecule has 0 atom stereocenters. The van der Waals surface area contributed by atoms with Crippen molar-refractivity contribution < 1.29 is 4.92 Å². The second-order valence-electron chi connectivity index (χ2n) is 3.63. The highest BCUT2D eigenvalue weighted by atomic mass is 79.9. The van der Waals surface area contributed by atoms with Crippen LogP contribution in [0, 0.1) is 10.1 Å². The van der Waals surface area contributed by atoms with E-state index in [-0.39, 0.29) is 10.6 Å². The second-order valence-corrected chi connectivity index (χ2v) is 4.19. The second kappa shape index (κ2) is 5.84. The van der Waals surface area contributed by atoms with E-state index in [1.165, 1.54) is 0 Å². The fourth-order valence-electron chi connectivity index (χ4n) is 1.62. The summed E-state index contributed by atoms with van der Waals surface area (Å²) in [6.07, 6.45) is 1.05. The molecule has 4 nitrogen and oxygen atoms in total. The van der Waals surface area contributed by atoms with Gasteiger partial charge in [-0.1, -0.05) is 22.9 Å². The van der Waals surface area contributed by atoms with Gasteiger partial charge in [-0.2, -0.15) is 0 Å². The van der Waals surface area contributed by atoms with Gasteiger partial charge < -0.3 is 4.90 Å². The summed E-state index contributed by atoms with van der Waals surface area (Å²) in [6.45, 7) is 3.05. The quantitative estimate of drug-likeness (QED) is 0.474. The molecule has 0 spiro atoms. The van der Waals surface area contributed by atoms with Gasteiger partial charge >= 0.3 is 0 Å². The highest BCUT2D eigenvalue weighted by Gasteiger charge is 2.12. The van der Waals surface area contributed by atoms with Gasteiger partial charge in [0.1, 0.15) is 0 Å². The van der Waals surface area contributed by atoms with Crippen molar-refractivity contribution in [3.63, 3.8) is 0 Å². The van der Waals surface area contributed by atoms with Crippen LogP contribution < -0.4 is 4.90 Å². The molecular weight excluding hydrogens is 272 g/mol. The van der Waals surface area contributed by atoms with Gasteiger partial charge in [0.05, 0.1) is 4.92 Å². The molecule has 16 heavy (non-hydrogen) atoms. The number of halogens is 1. The van der Waals surface area contributed by atoms with Crippen molar-refractivity contribution in [3.05, 3.63) is 33.9 Å². The van der Waals surface area contributed by atoms with Crippen LogP contribution in [0.5, 0.6) is 0 Å². The molecule has 0 saturated carbocycles. The van der Waals surface area contributed by atoms with Crippen LogP contribution in [0.3, 0.4) is 0 Å². The number of non-ortho nitro benzene ring substituents is 1. The third-order valence-corrected chi connectivity index (χ3v) is 2.99. The molecule has 0 N–H and O–H groups in total. The number of hydrogen-bond acceptors (Lipinski definition) is 3. The summed E-state index contributed by atoms with van der Waals surface area (Å²) < 4.78 is 0. The molecule has 0 radical (unpaired) electrons. The first-order chi connectivity index (χ1) is 7.60. The Balaban J connectivity index is 3.06. The first-order valence-corrected chi connectivity index (χ1v) is 6.26. The zero-order valence-electron chi connectivity index (χ0n) is 9.44. The third-order valence-electron chi connectivity index (χ3n) is 2.39. The zero-order valence-corrected chi connectivity index (χ0v) is 11.0. The summed E-state index contributed by atoms with van der Waals surface area (Å²) in [4.78, 5) is 12.4. The molecule has 0 aliphatic rings. The Morgan fingerprint density at radius 3 is 2.69 bits per heavy atom. The molecule has 0 aliphatic carbocycles. The lowest BCUT2D eigenvalue weighted by Gasteiger charge is -2.20. The maximum Gasteiger partial charge on any atom is 0.269 e. The SMILES string of the molecule is CCCN(C)c1ccc([N+](=O)[O-])cc1CBr. The minimum absolute atomic E-state index is 0.142. The average Bonchev–Trinajstić information content (AvgIpc) is 2.28. The van der Waals surface area contributed by atoms with Gasteiger partial charge in [0.2, 0.25) is 0 Å². The molecular formula is C11H15BrN2O2. The van der Waals surface area contributed by atoms with Crippen LogP contribution in [0.2, 0.25) is 0 Å². The van der Waals surface area contributed by atoms with Crippen molar-refractivity contribution >= 4 is 27.3 Å². The van der Waals surface area contributed by atoms with Crippen LogP contribution in [0.1, 0.15) is 18.9 Å². The Labute approximate surface area is 104 Å². The maximum atomic E-state index is 10.7. The third kappa shape index (κ3) is 2.95. The highest BCUT2D eigenvalue weighted by Crippen LogP contribution is 2.26. The lowest BCUT2D eigenvalue weighted by atomic mass is 10.1. The minimum atomic E-state index is -0.365. The predicted octanol–water partition coefficient (Wildman–Crippen LogP) is 3.34. The molecule has 0 bridgehead atoms. The van der Waals surface area contributed by atoms with Crippen LogP contribution >= 0.6 is 15.9 Å². The van der Waals surface area contributed by atoms with E-state index in [1.54, 1.807) is 12.1 Å². The maximum absolute atomic E-state index is 10.7. The summed E-state index contributed by atoms with van der Waals surface area (Å²) in [5, 5.41) is 11.3. The first-order valence-electron chi connectivity index (χ1n) is 5.14. The van der Waals surface area contributed by atoms with Crippen LogP contribution in [-0.4, -0.2) is 18.5 Å². The summed E-state index contributed by atoms with van der Waals surface area (Å²) in [7, 11) is 2.00. The van der Waals surface area contributed by atoms with Gasteiger partial charge in [0.25, 0.3) is 5.69 Å². The van der Waals surface area contributed by atoms with E-state index >= 15 is 0 Å². The Morgan fingerprint density at radius 2 is 2.19 bits per heavy atom. The number of rotatable bonds is 5.